The first-order valence-electron chi connectivity index (χ1n) is 8.36. The lowest BCUT2D eigenvalue weighted by molar-refractivity contribution is -0.122. The molecule has 0 unspecified atom stereocenters. The smallest absolute Gasteiger partial charge is 0.240 e. The Kier molecular flexibility index (Phi) is 7.25. The number of guanidine groups is 1. The topological polar surface area (TPSA) is 82.8 Å². The van der Waals surface area contributed by atoms with Crippen molar-refractivity contribution in [2.45, 2.75) is 53.5 Å². The van der Waals surface area contributed by atoms with Gasteiger partial charge in [0.15, 0.2) is 5.96 Å². The van der Waals surface area contributed by atoms with Crippen LogP contribution in [0.3, 0.4) is 0 Å². The van der Waals surface area contributed by atoms with Crippen molar-refractivity contribution in [3.63, 3.8) is 0 Å². The summed E-state index contributed by atoms with van der Waals surface area (Å²) in [6, 6.07) is 0. The van der Waals surface area contributed by atoms with E-state index in [2.05, 4.69) is 20.8 Å². The first-order chi connectivity index (χ1) is 11.1. The molecule has 0 aliphatic rings. The van der Waals surface area contributed by atoms with Crippen LogP contribution in [0.4, 0.5) is 0 Å². The molecule has 1 aromatic rings. The second kappa shape index (κ2) is 8.70. The minimum atomic E-state index is -0.239. The number of aromatic nitrogens is 1. The lowest BCUT2D eigenvalue weighted by Crippen LogP contribution is -2.48. The van der Waals surface area contributed by atoms with Gasteiger partial charge in [0.2, 0.25) is 5.91 Å². The largest absolute Gasteiger partial charge is 0.361 e. The van der Waals surface area contributed by atoms with Crippen LogP contribution < -0.4 is 10.6 Å². The molecule has 0 aromatic carbocycles. The number of carbonyl (C=O) groups is 1. The third kappa shape index (κ3) is 6.60. The van der Waals surface area contributed by atoms with Gasteiger partial charge in [-0.05, 0) is 48.0 Å². The Labute approximate surface area is 144 Å². The van der Waals surface area contributed by atoms with Crippen LogP contribution in [0.25, 0.3) is 0 Å². The Morgan fingerprint density at radius 2 is 2.00 bits per heavy atom. The molecule has 0 saturated carbocycles. The molecule has 7 heteroatoms. The van der Waals surface area contributed by atoms with E-state index in [4.69, 9.17) is 4.52 Å². The van der Waals surface area contributed by atoms with Crippen molar-refractivity contribution in [3.05, 3.63) is 17.0 Å². The van der Waals surface area contributed by atoms with Crippen LogP contribution in [-0.2, 0) is 11.2 Å². The van der Waals surface area contributed by atoms with Gasteiger partial charge in [0, 0.05) is 31.2 Å². The van der Waals surface area contributed by atoms with Crippen LogP contribution >= 0.6 is 0 Å². The monoisotopic (exact) mass is 337 g/mol. The zero-order valence-corrected chi connectivity index (χ0v) is 16.0. The summed E-state index contributed by atoms with van der Waals surface area (Å²) in [5.41, 5.74) is 1.77. The number of aliphatic imine (C=N–C) groups is 1. The van der Waals surface area contributed by atoms with Crippen LogP contribution in [0.2, 0.25) is 0 Å². The minimum absolute atomic E-state index is 0.0265. The van der Waals surface area contributed by atoms with Gasteiger partial charge in [-0.25, -0.2) is 0 Å². The molecule has 24 heavy (non-hydrogen) atoms. The number of amides is 1. The fourth-order valence-electron chi connectivity index (χ4n) is 2.35. The zero-order valence-electron chi connectivity index (χ0n) is 16.0. The van der Waals surface area contributed by atoms with E-state index in [9.17, 15) is 4.79 Å². The highest BCUT2D eigenvalue weighted by Crippen LogP contribution is 2.12. The normalized spacial score (nSPS) is 12.2. The molecular formula is C17H31N5O2. The second-order valence-electron chi connectivity index (χ2n) is 6.94. The average molecular weight is 337 g/mol. The standard InChI is InChI=1S/C17H31N5O2/c1-8-18-16(22(7)11-15(23)20-17(4,5)6)19-10-9-14-12(2)21-24-13(14)3/h8-11H2,1-7H3,(H,18,19)(H,20,23). The Hall–Kier alpha value is -2.05. The maximum Gasteiger partial charge on any atom is 0.240 e. The van der Waals surface area contributed by atoms with Gasteiger partial charge in [0.05, 0.1) is 12.2 Å². The van der Waals surface area contributed by atoms with Gasteiger partial charge in [-0.2, -0.15) is 0 Å². The number of nitrogens with one attached hydrogen (secondary N) is 2. The highest BCUT2D eigenvalue weighted by molar-refractivity contribution is 5.86. The quantitative estimate of drug-likeness (QED) is 0.609. The highest BCUT2D eigenvalue weighted by atomic mass is 16.5. The minimum Gasteiger partial charge on any atom is -0.361 e. The van der Waals surface area contributed by atoms with Gasteiger partial charge in [0.25, 0.3) is 0 Å². The molecule has 0 aliphatic carbocycles. The molecule has 0 aliphatic heterocycles. The lowest BCUT2D eigenvalue weighted by atomic mass is 10.1. The van der Waals surface area contributed by atoms with Crippen molar-refractivity contribution in [1.29, 1.82) is 0 Å². The molecule has 0 bridgehead atoms. The molecule has 2 N–H and O–H groups in total. The number of likely N-dealkylation sites (N-methyl/N-ethyl adjacent to an activating group) is 1. The summed E-state index contributed by atoms with van der Waals surface area (Å²) < 4.78 is 5.17. The summed E-state index contributed by atoms with van der Waals surface area (Å²) in [6.45, 7) is 13.4. The van der Waals surface area contributed by atoms with Crippen LogP contribution in [0.5, 0.6) is 0 Å². The van der Waals surface area contributed by atoms with Crippen molar-refractivity contribution in [1.82, 2.24) is 20.7 Å². The first kappa shape index (κ1) is 20.0. The van der Waals surface area contributed by atoms with E-state index in [0.717, 1.165) is 30.0 Å². The molecule has 7 nitrogen and oxygen atoms in total. The summed E-state index contributed by atoms with van der Waals surface area (Å²) in [7, 11) is 1.86. The van der Waals surface area contributed by atoms with Gasteiger partial charge >= 0.3 is 0 Å². The maximum atomic E-state index is 12.1. The molecular weight excluding hydrogens is 306 g/mol. The zero-order chi connectivity index (χ0) is 18.3. The summed E-state index contributed by atoms with van der Waals surface area (Å²) in [5.74, 6) is 1.53. The lowest BCUT2D eigenvalue weighted by Gasteiger charge is -2.25. The van der Waals surface area contributed by atoms with Crippen LogP contribution in [-0.4, -0.2) is 54.1 Å². The predicted molar refractivity (Wildman–Crippen MR) is 96.2 cm³/mol. The summed E-state index contributed by atoms with van der Waals surface area (Å²) in [5, 5.41) is 10.1. The number of rotatable bonds is 6. The fourth-order valence-corrected chi connectivity index (χ4v) is 2.35. The summed E-state index contributed by atoms with van der Waals surface area (Å²) >= 11 is 0. The molecule has 0 saturated heterocycles. The predicted octanol–water partition coefficient (Wildman–Crippen LogP) is 1.65. The number of nitrogens with zero attached hydrogens (tertiary/aromatic N) is 3. The summed E-state index contributed by atoms with van der Waals surface area (Å²) in [4.78, 5) is 18.5. The maximum absolute atomic E-state index is 12.1. The summed E-state index contributed by atoms with van der Waals surface area (Å²) in [6.07, 6.45) is 0.762. The van der Waals surface area contributed by atoms with Crippen molar-refractivity contribution in [2.75, 3.05) is 26.7 Å². The third-order valence-corrected chi connectivity index (χ3v) is 3.40. The van der Waals surface area contributed by atoms with Gasteiger partial charge in [0.1, 0.15) is 5.76 Å². The van der Waals surface area contributed by atoms with E-state index in [-0.39, 0.29) is 18.0 Å². The third-order valence-electron chi connectivity index (χ3n) is 3.40. The molecule has 1 amide bonds. The molecule has 1 rings (SSSR count). The van der Waals surface area contributed by atoms with E-state index >= 15 is 0 Å². The Bertz CT molecular complexity index is 553. The molecule has 0 fully saturated rings. The van der Waals surface area contributed by atoms with Crippen molar-refractivity contribution in [2.24, 2.45) is 4.99 Å². The van der Waals surface area contributed by atoms with Gasteiger partial charge < -0.3 is 20.1 Å². The van der Waals surface area contributed by atoms with E-state index in [1.165, 1.54) is 0 Å². The number of hydrogen-bond donors (Lipinski definition) is 2. The van der Waals surface area contributed by atoms with E-state index in [0.29, 0.717) is 12.5 Å². The Balaban J connectivity index is 2.65. The van der Waals surface area contributed by atoms with Gasteiger partial charge in [-0.1, -0.05) is 5.16 Å². The highest BCUT2D eigenvalue weighted by Gasteiger charge is 2.17. The Morgan fingerprint density at radius 3 is 2.50 bits per heavy atom. The van der Waals surface area contributed by atoms with Crippen LogP contribution in [0, 0.1) is 13.8 Å². The molecule has 136 valence electrons. The van der Waals surface area contributed by atoms with Crippen LogP contribution in [0.15, 0.2) is 9.52 Å². The van der Waals surface area contributed by atoms with E-state index in [1.807, 2.05) is 53.5 Å². The van der Waals surface area contributed by atoms with Gasteiger partial charge in [-0.15, -0.1) is 0 Å². The first-order valence-corrected chi connectivity index (χ1v) is 8.36. The molecule has 1 aromatic heterocycles. The molecule has 0 radical (unpaired) electrons. The molecule has 1 heterocycles. The number of carbonyl (C=O) groups excluding carboxylic acids is 1. The van der Waals surface area contributed by atoms with Crippen molar-refractivity contribution < 1.29 is 9.32 Å². The number of hydrogen-bond acceptors (Lipinski definition) is 4. The molecule has 0 spiro atoms. The van der Waals surface area contributed by atoms with E-state index in [1.54, 1.807) is 0 Å². The molecule has 0 atom stereocenters. The average Bonchev–Trinajstić information content (AvgIpc) is 2.75. The second-order valence-corrected chi connectivity index (χ2v) is 6.94. The van der Waals surface area contributed by atoms with Crippen molar-refractivity contribution >= 4 is 11.9 Å². The van der Waals surface area contributed by atoms with Gasteiger partial charge in [-0.3, -0.25) is 9.79 Å². The Morgan fingerprint density at radius 1 is 1.33 bits per heavy atom. The number of aryl methyl sites for hydroxylation is 2. The SMILES string of the molecule is CCNC(=NCCc1c(C)noc1C)N(C)CC(=O)NC(C)(C)C. The van der Waals surface area contributed by atoms with Crippen molar-refractivity contribution in [3.8, 4) is 0 Å². The fraction of sp³-hybridized carbons (Fsp3) is 0.706. The van der Waals surface area contributed by atoms with Crippen LogP contribution in [0.1, 0.15) is 44.7 Å². The van der Waals surface area contributed by atoms with E-state index < -0.39 is 0 Å².